The highest BCUT2D eigenvalue weighted by Crippen LogP contribution is 2.15. The molecular formula is C16H16N4O3S. The van der Waals surface area contributed by atoms with E-state index >= 15 is 0 Å². The van der Waals surface area contributed by atoms with Crippen LogP contribution in [0.15, 0.2) is 53.6 Å². The van der Waals surface area contributed by atoms with Crippen LogP contribution in [0.25, 0.3) is 10.9 Å². The van der Waals surface area contributed by atoms with Crippen molar-refractivity contribution in [2.75, 3.05) is 0 Å². The van der Waals surface area contributed by atoms with Crippen molar-refractivity contribution in [2.45, 2.75) is 11.4 Å². The molecule has 2 aromatic carbocycles. The van der Waals surface area contributed by atoms with Crippen LogP contribution in [0.2, 0.25) is 0 Å². The standard InChI is InChI=1S/C16H16N4O3S/c1-20-15-8-11(2-3-13(15)10-19-20)9-18-16(21)12-4-6-14(7-5-12)24(17,22)23/h2-8,10H,9H2,1H3,(H,18,21)(H2,17,22,23). The van der Waals surface area contributed by atoms with E-state index in [2.05, 4.69) is 10.4 Å². The minimum absolute atomic E-state index is 0.0271. The lowest BCUT2D eigenvalue weighted by Gasteiger charge is -2.07. The maximum Gasteiger partial charge on any atom is 0.251 e. The van der Waals surface area contributed by atoms with Gasteiger partial charge in [0.25, 0.3) is 5.91 Å². The number of nitrogens with one attached hydrogen (secondary N) is 1. The van der Waals surface area contributed by atoms with Crippen LogP contribution >= 0.6 is 0 Å². The number of carbonyl (C=O) groups excluding carboxylic acids is 1. The van der Waals surface area contributed by atoms with E-state index in [9.17, 15) is 13.2 Å². The smallest absolute Gasteiger partial charge is 0.251 e. The molecule has 3 aromatic rings. The van der Waals surface area contributed by atoms with Crippen molar-refractivity contribution < 1.29 is 13.2 Å². The minimum Gasteiger partial charge on any atom is -0.348 e. The third-order valence-electron chi connectivity index (χ3n) is 3.71. The average Bonchev–Trinajstić information content (AvgIpc) is 2.93. The molecule has 0 aliphatic carbocycles. The van der Waals surface area contributed by atoms with Crippen molar-refractivity contribution >= 4 is 26.8 Å². The number of carbonyl (C=O) groups is 1. The molecule has 0 atom stereocenters. The van der Waals surface area contributed by atoms with Crippen LogP contribution in [0.1, 0.15) is 15.9 Å². The largest absolute Gasteiger partial charge is 0.348 e. The van der Waals surface area contributed by atoms with E-state index in [-0.39, 0.29) is 10.8 Å². The quantitative estimate of drug-likeness (QED) is 0.740. The molecule has 0 bridgehead atoms. The Balaban J connectivity index is 1.71. The molecule has 0 fully saturated rings. The molecule has 0 spiro atoms. The molecule has 0 saturated heterocycles. The fraction of sp³-hybridized carbons (Fsp3) is 0.125. The Morgan fingerprint density at radius 3 is 2.58 bits per heavy atom. The fourth-order valence-electron chi connectivity index (χ4n) is 2.38. The van der Waals surface area contributed by atoms with Crippen molar-refractivity contribution in [1.82, 2.24) is 15.1 Å². The van der Waals surface area contributed by atoms with Crippen LogP contribution in [0.4, 0.5) is 0 Å². The van der Waals surface area contributed by atoms with Crippen LogP contribution in [0, 0.1) is 0 Å². The monoisotopic (exact) mass is 344 g/mol. The second-order valence-electron chi connectivity index (χ2n) is 5.41. The third-order valence-corrected chi connectivity index (χ3v) is 4.64. The molecular weight excluding hydrogens is 328 g/mol. The number of sulfonamides is 1. The maximum atomic E-state index is 12.2. The molecule has 24 heavy (non-hydrogen) atoms. The number of hydrogen-bond acceptors (Lipinski definition) is 4. The SMILES string of the molecule is Cn1ncc2ccc(CNC(=O)c3ccc(S(N)(=O)=O)cc3)cc21. The molecule has 124 valence electrons. The Bertz CT molecular complexity index is 1010. The molecule has 1 heterocycles. The summed E-state index contributed by atoms with van der Waals surface area (Å²) in [6.07, 6.45) is 1.78. The highest BCUT2D eigenvalue weighted by atomic mass is 32.2. The van der Waals surface area contributed by atoms with E-state index in [1.165, 1.54) is 24.3 Å². The van der Waals surface area contributed by atoms with E-state index in [0.717, 1.165) is 16.5 Å². The van der Waals surface area contributed by atoms with Crippen LogP contribution in [0.5, 0.6) is 0 Å². The first-order valence-electron chi connectivity index (χ1n) is 7.16. The van der Waals surface area contributed by atoms with E-state index in [0.29, 0.717) is 12.1 Å². The molecule has 3 rings (SSSR count). The molecule has 8 heteroatoms. The fourth-order valence-corrected chi connectivity index (χ4v) is 2.90. The summed E-state index contributed by atoms with van der Waals surface area (Å²) in [6.45, 7) is 0.358. The molecule has 0 saturated carbocycles. The van der Waals surface area contributed by atoms with E-state index in [4.69, 9.17) is 5.14 Å². The van der Waals surface area contributed by atoms with Crippen LogP contribution in [-0.4, -0.2) is 24.1 Å². The highest BCUT2D eigenvalue weighted by molar-refractivity contribution is 7.89. The number of amides is 1. The topological polar surface area (TPSA) is 107 Å². The number of nitrogens with two attached hydrogens (primary N) is 1. The van der Waals surface area contributed by atoms with Gasteiger partial charge < -0.3 is 5.32 Å². The summed E-state index contributed by atoms with van der Waals surface area (Å²) in [4.78, 5) is 12.1. The number of aromatic nitrogens is 2. The minimum atomic E-state index is -3.76. The van der Waals surface area contributed by atoms with Gasteiger partial charge in [-0.1, -0.05) is 12.1 Å². The number of nitrogens with zero attached hydrogens (tertiary/aromatic N) is 2. The van der Waals surface area contributed by atoms with E-state index in [1.807, 2.05) is 25.2 Å². The summed E-state index contributed by atoms with van der Waals surface area (Å²) in [5.74, 6) is -0.291. The summed E-state index contributed by atoms with van der Waals surface area (Å²) >= 11 is 0. The Hall–Kier alpha value is -2.71. The first-order chi connectivity index (χ1) is 11.3. The van der Waals surface area contributed by atoms with E-state index < -0.39 is 10.0 Å². The number of benzene rings is 2. The summed E-state index contributed by atoms with van der Waals surface area (Å²) in [7, 11) is -1.90. The highest BCUT2D eigenvalue weighted by Gasteiger charge is 2.10. The summed E-state index contributed by atoms with van der Waals surface area (Å²) in [5.41, 5.74) is 2.30. The molecule has 0 aliphatic heterocycles. The van der Waals surface area contributed by atoms with Gasteiger partial charge in [0.1, 0.15) is 0 Å². The molecule has 3 N–H and O–H groups in total. The van der Waals surface area contributed by atoms with Gasteiger partial charge in [0.2, 0.25) is 10.0 Å². The number of hydrogen-bond donors (Lipinski definition) is 2. The summed E-state index contributed by atoms with van der Waals surface area (Å²) in [6, 6.07) is 11.3. The van der Waals surface area contributed by atoms with Crippen molar-refractivity contribution in [3.05, 3.63) is 59.8 Å². The number of rotatable bonds is 4. The Labute approximate surface area is 139 Å². The van der Waals surface area contributed by atoms with Crippen molar-refractivity contribution in [2.24, 2.45) is 12.2 Å². The predicted octanol–water partition coefficient (Wildman–Crippen LogP) is 1.15. The lowest BCUT2D eigenvalue weighted by Crippen LogP contribution is -2.23. The zero-order chi connectivity index (χ0) is 17.3. The van der Waals surface area contributed by atoms with Crippen molar-refractivity contribution in [3.63, 3.8) is 0 Å². The van der Waals surface area contributed by atoms with Gasteiger partial charge in [-0.05, 0) is 35.9 Å². The predicted molar refractivity (Wildman–Crippen MR) is 89.7 cm³/mol. The Kier molecular flexibility index (Phi) is 4.08. The first-order valence-corrected chi connectivity index (χ1v) is 8.71. The zero-order valence-corrected chi connectivity index (χ0v) is 13.7. The molecule has 1 aromatic heterocycles. The lowest BCUT2D eigenvalue weighted by molar-refractivity contribution is 0.0951. The molecule has 0 aliphatic rings. The van der Waals surface area contributed by atoms with Gasteiger partial charge in [-0.25, -0.2) is 13.6 Å². The Morgan fingerprint density at radius 1 is 1.21 bits per heavy atom. The van der Waals surface area contributed by atoms with Gasteiger partial charge in [0.05, 0.1) is 16.6 Å². The Morgan fingerprint density at radius 2 is 1.92 bits per heavy atom. The molecule has 0 unspecified atom stereocenters. The van der Waals surface area contributed by atoms with Gasteiger partial charge in [0.15, 0.2) is 0 Å². The second kappa shape index (κ2) is 6.06. The van der Waals surface area contributed by atoms with Gasteiger partial charge in [0, 0.05) is 24.5 Å². The summed E-state index contributed by atoms with van der Waals surface area (Å²) < 4.78 is 24.2. The van der Waals surface area contributed by atoms with Gasteiger partial charge in [-0.2, -0.15) is 5.10 Å². The second-order valence-corrected chi connectivity index (χ2v) is 6.97. The van der Waals surface area contributed by atoms with Gasteiger partial charge in [-0.3, -0.25) is 9.48 Å². The lowest BCUT2D eigenvalue weighted by atomic mass is 10.1. The molecule has 0 radical (unpaired) electrons. The first kappa shape index (κ1) is 16.2. The zero-order valence-electron chi connectivity index (χ0n) is 12.9. The normalized spacial score (nSPS) is 11.6. The van der Waals surface area contributed by atoms with Crippen molar-refractivity contribution in [1.29, 1.82) is 0 Å². The number of fused-ring (bicyclic) bond motifs is 1. The number of aryl methyl sites for hydroxylation is 1. The third kappa shape index (κ3) is 3.29. The van der Waals surface area contributed by atoms with Crippen LogP contribution in [0.3, 0.4) is 0 Å². The summed E-state index contributed by atoms with van der Waals surface area (Å²) in [5, 5.41) is 13.0. The van der Waals surface area contributed by atoms with Gasteiger partial charge in [-0.15, -0.1) is 0 Å². The molecule has 1 amide bonds. The maximum absolute atomic E-state index is 12.2. The van der Waals surface area contributed by atoms with Gasteiger partial charge >= 0.3 is 0 Å². The van der Waals surface area contributed by atoms with Crippen LogP contribution < -0.4 is 10.5 Å². The van der Waals surface area contributed by atoms with E-state index in [1.54, 1.807) is 10.9 Å². The van der Waals surface area contributed by atoms with Crippen molar-refractivity contribution in [3.8, 4) is 0 Å². The average molecular weight is 344 g/mol. The van der Waals surface area contributed by atoms with Crippen LogP contribution in [-0.2, 0) is 23.6 Å². The molecule has 7 nitrogen and oxygen atoms in total. The number of primary sulfonamides is 1.